The maximum atomic E-state index is 12.4. The number of nitrogens with zero attached hydrogens (tertiary/aromatic N) is 4. The molecule has 0 saturated heterocycles. The summed E-state index contributed by atoms with van der Waals surface area (Å²) < 4.78 is 2.27. The summed E-state index contributed by atoms with van der Waals surface area (Å²) in [5.41, 5.74) is 3.73. The molecule has 0 spiro atoms. The lowest BCUT2D eigenvalue weighted by atomic mass is 10.1. The monoisotopic (exact) mass is 361 g/mol. The molecule has 0 fully saturated rings. The smallest absolute Gasteiger partial charge is 0.271 e. The predicted octanol–water partition coefficient (Wildman–Crippen LogP) is 2.40. The second kappa shape index (κ2) is 7.72. The highest BCUT2D eigenvalue weighted by Crippen LogP contribution is 2.20. The molecule has 0 bridgehead atoms. The van der Waals surface area contributed by atoms with Gasteiger partial charge in [-0.1, -0.05) is 30.3 Å². The molecule has 1 N–H and O–H groups in total. The van der Waals surface area contributed by atoms with Gasteiger partial charge in [-0.3, -0.25) is 14.7 Å². The van der Waals surface area contributed by atoms with E-state index in [1.165, 1.54) is 17.5 Å². The van der Waals surface area contributed by atoms with E-state index in [0.29, 0.717) is 12.2 Å². The molecule has 4 rings (SSSR count). The van der Waals surface area contributed by atoms with Crippen LogP contribution in [0.25, 0.3) is 0 Å². The van der Waals surface area contributed by atoms with Crippen molar-refractivity contribution in [3.8, 4) is 0 Å². The van der Waals surface area contributed by atoms with Gasteiger partial charge in [-0.05, 0) is 24.6 Å². The van der Waals surface area contributed by atoms with Crippen LogP contribution in [-0.4, -0.2) is 37.9 Å². The summed E-state index contributed by atoms with van der Waals surface area (Å²) in [6.07, 6.45) is 5.25. The van der Waals surface area contributed by atoms with Crippen molar-refractivity contribution in [1.29, 1.82) is 0 Å². The van der Waals surface area contributed by atoms with Gasteiger partial charge in [0, 0.05) is 50.3 Å². The van der Waals surface area contributed by atoms with Gasteiger partial charge in [0.2, 0.25) is 0 Å². The number of carbonyl (C=O) groups excluding carboxylic acids is 1. The van der Waals surface area contributed by atoms with Crippen LogP contribution >= 0.6 is 0 Å². The first-order valence-electron chi connectivity index (χ1n) is 9.18. The largest absolute Gasteiger partial charge is 0.349 e. The first-order valence-corrected chi connectivity index (χ1v) is 9.18. The summed E-state index contributed by atoms with van der Waals surface area (Å²) in [7, 11) is 0. The second-order valence-corrected chi connectivity index (χ2v) is 6.95. The summed E-state index contributed by atoms with van der Waals surface area (Å²) in [6.45, 7) is 5.00. The third-order valence-corrected chi connectivity index (χ3v) is 4.95. The van der Waals surface area contributed by atoms with Crippen molar-refractivity contribution in [2.75, 3.05) is 6.54 Å². The number of aromatic nitrogens is 3. The SMILES string of the molecule is Cc1cnc(C(=O)NC[C@H]2Cn3cccc3CN2Cc2ccccc2)cn1. The molecule has 3 heterocycles. The van der Waals surface area contributed by atoms with E-state index >= 15 is 0 Å². The van der Waals surface area contributed by atoms with Crippen molar-refractivity contribution in [2.45, 2.75) is 32.6 Å². The van der Waals surface area contributed by atoms with Gasteiger partial charge >= 0.3 is 0 Å². The standard InChI is InChI=1S/C21H23N5O/c1-16-10-23-20(12-22-16)21(27)24-11-19-15-25-9-5-8-18(25)14-26(19)13-17-6-3-2-4-7-17/h2-10,12,19H,11,13-15H2,1H3,(H,24,27)/t19-/m0/s1. The molecule has 6 nitrogen and oxygen atoms in total. The molecule has 1 atom stereocenters. The quantitative estimate of drug-likeness (QED) is 0.758. The maximum Gasteiger partial charge on any atom is 0.271 e. The number of hydrogen-bond donors (Lipinski definition) is 1. The number of rotatable bonds is 5. The highest BCUT2D eigenvalue weighted by molar-refractivity contribution is 5.91. The van der Waals surface area contributed by atoms with Crippen molar-refractivity contribution in [1.82, 2.24) is 24.8 Å². The van der Waals surface area contributed by atoms with Gasteiger partial charge in [0.25, 0.3) is 5.91 Å². The van der Waals surface area contributed by atoms with Gasteiger partial charge < -0.3 is 9.88 Å². The Morgan fingerprint density at radius 2 is 2.00 bits per heavy atom. The Bertz CT molecular complexity index is 904. The Hall–Kier alpha value is -2.99. The Labute approximate surface area is 158 Å². The molecule has 3 aromatic rings. The van der Waals surface area contributed by atoms with Gasteiger partial charge in [0.05, 0.1) is 11.9 Å². The zero-order chi connectivity index (χ0) is 18.6. The van der Waals surface area contributed by atoms with Crippen molar-refractivity contribution >= 4 is 5.91 Å². The molecule has 0 radical (unpaired) electrons. The number of aryl methyl sites for hydroxylation is 1. The van der Waals surface area contributed by atoms with Crippen LogP contribution < -0.4 is 5.32 Å². The Morgan fingerprint density at radius 1 is 1.15 bits per heavy atom. The Kier molecular flexibility index (Phi) is 4.98. The van der Waals surface area contributed by atoms with E-state index in [9.17, 15) is 4.79 Å². The molecule has 0 saturated carbocycles. The van der Waals surface area contributed by atoms with Crippen molar-refractivity contribution < 1.29 is 4.79 Å². The number of fused-ring (bicyclic) bond motifs is 1. The minimum Gasteiger partial charge on any atom is -0.349 e. The number of amides is 1. The van der Waals surface area contributed by atoms with Crippen LogP contribution in [0.4, 0.5) is 0 Å². The van der Waals surface area contributed by atoms with Crippen LogP contribution in [0.15, 0.2) is 61.1 Å². The van der Waals surface area contributed by atoms with E-state index in [2.05, 4.69) is 67.3 Å². The molecule has 0 unspecified atom stereocenters. The first kappa shape index (κ1) is 17.4. The summed E-state index contributed by atoms with van der Waals surface area (Å²) >= 11 is 0. The Morgan fingerprint density at radius 3 is 2.78 bits per heavy atom. The summed E-state index contributed by atoms with van der Waals surface area (Å²) in [5.74, 6) is -0.180. The topological polar surface area (TPSA) is 63.1 Å². The molecule has 1 aliphatic heterocycles. The van der Waals surface area contributed by atoms with Crippen LogP contribution in [0.1, 0.15) is 27.4 Å². The molecule has 2 aromatic heterocycles. The summed E-state index contributed by atoms with van der Waals surface area (Å²) in [5, 5.41) is 3.03. The molecule has 1 aliphatic rings. The van der Waals surface area contributed by atoms with Crippen LogP contribution in [0, 0.1) is 6.92 Å². The van der Waals surface area contributed by atoms with E-state index in [4.69, 9.17) is 0 Å². The van der Waals surface area contributed by atoms with E-state index < -0.39 is 0 Å². The van der Waals surface area contributed by atoms with Crippen molar-refractivity contribution in [3.05, 3.63) is 83.7 Å². The lowest BCUT2D eigenvalue weighted by Gasteiger charge is -2.37. The first-order chi connectivity index (χ1) is 13.2. The summed E-state index contributed by atoms with van der Waals surface area (Å²) in [6, 6.07) is 14.9. The van der Waals surface area contributed by atoms with Gasteiger partial charge in [0.1, 0.15) is 5.69 Å². The molecule has 1 aromatic carbocycles. The average molecular weight is 361 g/mol. The van der Waals surface area contributed by atoms with E-state index in [1.54, 1.807) is 6.20 Å². The van der Waals surface area contributed by atoms with Crippen LogP contribution in [0.5, 0.6) is 0 Å². The van der Waals surface area contributed by atoms with E-state index in [1.807, 2.05) is 13.0 Å². The van der Waals surface area contributed by atoms with Gasteiger partial charge in [-0.25, -0.2) is 4.98 Å². The molecular formula is C21H23N5O. The van der Waals surface area contributed by atoms with Crippen LogP contribution in [0.2, 0.25) is 0 Å². The molecule has 27 heavy (non-hydrogen) atoms. The molecular weight excluding hydrogens is 338 g/mol. The third kappa shape index (κ3) is 4.06. The average Bonchev–Trinajstić information content (AvgIpc) is 3.14. The lowest BCUT2D eigenvalue weighted by molar-refractivity contribution is 0.0893. The lowest BCUT2D eigenvalue weighted by Crippen LogP contribution is -2.48. The molecule has 6 heteroatoms. The normalized spacial score (nSPS) is 16.7. The number of hydrogen-bond acceptors (Lipinski definition) is 4. The highest BCUT2D eigenvalue weighted by atomic mass is 16.1. The van der Waals surface area contributed by atoms with Gasteiger partial charge in [-0.15, -0.1) is 0 Å². The fraction of sp³-hybridized carbons (Fsp3) is 0.286. The number of nitrogens with one attached hydrogen (secondary N) is 1. The number of benzene rings is 1. The molecule has 1 amide bonds. The van der Waals surface area contributed by atoms with E-state index in [-0.39, 0.29) is 11.9 Å². The highest BCUT2D eigenvalue weighted by Gasteiger charge is 2.26. The summed E-state index contributed by atoms with van der Waals surface area (Å²) in [4.78, 5) is 23.2. The predicted molar refractivity (Wildman–Crippen MR) is 103 cm³/mol. The fourth-order valence-corrected chi connectivity index (χ4v) is 3.46. The fourth-order valence-electron chi connectivity index (χ4n) is 3.46. The molecule has 138 valence electrons. The molecule has 0 aliphatic carbocycles. The third-order valence-electron chi connectivity index (χ3n) is 4.95. The zero-order valence-corrected chi connectivity index (χ0v) is 15.4. The minimum atomic E-state index is -0.180. The van der Waals surface area contributed by atoms with Gasteiger partial charge in [-0.2, -0.15) is 0 Å². The zero-order valence-electron chi connectivity index (χ0n) is 15.4. The van der Waals surface area contributed by atoms with Crippen LogP contribution in [-0.2, 0) is 19.6 Å². The minimum absolute atomic E-state index is 0.180. The van der Waals surface area contributed by atoms with Crippen LogP contribution in [0.3, 0.4) is 0 Å². The second-order valence-electron chi connectivity index (χ2n) is 6.95. The number of carbonyl (C=O) groups is 1. The van der Waals surface area contributed by atoms with Crippen molar-refractivity contribution in [2.24, 2.45) is 0 Å². The Balaban J connectivity index is 1.46. The van der Waals surface area contributed by atoms with Crippen molar-refractivity contribution in [3.63, 3.8) is 0 Å². The van der Waals surface area contributed by atoms with Gasteiger partial charge in [0.15, 0.2) is 0 Å². The van der Waals surface area contributed by atoms with E-state index in [0.717, 1.165) is 25.3 Å². The maximum absolute atomic E-state index is 12.4.